The van der Waals surface area contributed by atoms with Crippen molar-refractivity contribution in [2.75, 3.05) is 17.7 Å². The van der Waals surface area contributed by atoms with Gasteiger partial charge in [-0.15, -0.1) is 11.8 Å². The van der Waals surface area contributed by atoms with Gasteiger partial charge in [0.1, 0.15) is 12.4 Å². The maximum absolute atomic E-state index is 11.0. The van der Waals surface area contributed by atoms with Gasteiger partial charge in [0.05, 0.1) is 6.10 Å². The van der Waals surface area contributed by atoms with E-state index in [0.29, 0.717) is 5.75 Å². The normalized spacial score (nSPS) is 11.9. The first kappa shape index (κ1) is 18.3. The fraction of sp³-hybridized carbons (Fsp3) is 0.190. The molecule has 0 saturated carbocycles. The average Bonchev–Trinajstić information content (AvgIpc) is 2.65. The average molecular weight is 367 g/mol. The molecule has 3 aromatic carbocycles. The molecule has 0 spiro atoms. The molecule has 1 atom stereocenters. The standard InChI is InChI=1S/C21H21NO3S/c1-15(23)22-17-9-11-19(12-10-17)26-14-18(24)13-25-21-8-4-6-16-5-2-3-7-20(16)21/h2-12,18,24H,13-14H2,1H3,(H,22,23)/t18-/m1/s1. The first-order chi connectivity index (χ1) is 12.6. The Morgan fingerprint density at radius 1 is 1.08 bits per heavy atom. The van der Waals surface area contributed by atoms with E-state index >= 15 is 0 Å². The van der Waals surface area contributed by atoms with Gasteiger partial charge >= 0.3 is 0 Å². The number of nitrogens with one attached hydrogen (secondary N) is 1. The van der Waals surface area contributed by atoms with Crippen LogP contribution in [0.5, 0.6) is 5.75 Å². The minimum Gasteiger partial charge on any atom is -0.490 e. The molecule has 0 aliphatic carbocycles. The highest BCUT2D eigenvalue weighted by molar-refractivity contribution is 7.99. The van der Waals surface area contributed by atoms with Crippen molar-refractivity contribution < 1.29 is 14.6 Å². The fourth-order valence-corrected chi connectivity index (χ4v) is 3.40. The molecule has 4 nitrogen and oxygen atoms in total. The van der Waals surface area contributed by atoms with Crippen LogP contribution in [-0.4, -0.2) is 29.5 Å². The van der Waals surface area contributed by atoms with E-state index in [1.165, 1.54) is 6.92 Å². The van der Waals surface area contributed by atoms with Crippen molar-refractivity contribution in [2.24, 2.45) is 0 Å². The van der Waals surface area contributed by atoms with Crippen LogP contribution in [0.4, 0.5) is 5.69 Å². The summed E-state index contributed by atoms with van der Waals surface area (Å²) in [7, 11) is 0. The fourth-order valence-electron chi connectivity index (χ4n) is 2.59. The Labute approximate surface area is 157 Å². The van der Waals surface area contributed by atoms with Crippen molar-refractivity contribution in [1.82, 2.24) is 0 Å². The van der Waals surface area contributed by atoms with E-state index in [4.69, 9.17) is 4.74 Å². The number of hydrogen-bond donors (Lipinski definition) is 2. The number of hydrogen-bond acceptors (Lipinski definition) is 4. The molecule has 0 aliphatic heterocycles. The second-order valence-electron chi connectivity index (χ2n) is 5.96. The minimum atomic E-state index is -0.575. The van der Waals surface area contributed by atoms with Gasteiger partial charge in [0, 0.05) is 28.6 Å². The molecule has 0 bridgehead atoms. The number of fused-ring (bicyclic) bond motifs is 1. The van der Waals surface area contributed by atoms with Crippen molar-refractivity contribution in [3.8, 4) is 5.75 Å². The number of thioether (sulfide) groups is 1. The highest BCUT2D eigenvalue weighted by Gasteiger charge is 2.08. The van der Waals surface area contributed by atoms with E-state index in [2.05, 4.69) is 5.32 Å². The molecule has 1 amide bonds. The van der Waals surface area contributed by atoms with Crippen molar-refractivity contribution >= 4 is 34.1 Å². The van der Waals surface area contributed by atoms with E-state index in [1.807, 2.05) is 66.7 Å². The first-order valence-electron chi connectivity index (χ1n) is 8.41. The number of benzene rings is 3. The summed E-state index contributed by atoms with van der Waals surface area (Å²) in [6, 6.07) is 21.5. The van der Waals surface area contributed by atoms with Crippen molar-refractivity contribution in [3.63, 3.8) is 0 Å². The molecule has 0 aromatic heterocycles. The molecule has 0 aliphatic rings. The Hall–Kier alpha value is -2.50. The van der Waals surface area contributed by atoms with Gasteiger partial charge in [-0.1, -0.05) is 36.4 Å². The van der Waals surface area contributed by atoms with E-state index in [-0.39, 0.29) is 12.5 Å². The van der Waals surface area contributed by atoms with Gasteiger partial charge in [0.25, 0.3) is 0 Å². The van der Waals surface area contributed by atoms with Gasteiger partial charge in [-0.3, -0.25) is 4.79 Å². The molecule has 26 heavy (non-hydrogen) atoms. The second kappa shape index (κ2) is 8.74. The molecule has 5 heteroatoms. The molecular weight excluding hydrogens is 346 g/mol. The lowest BCUT2D eigenvalue weighted by Crippen LogP contribution is -2.20. The molecular formula is C21H21NO3S. The lowest BCUT2D eigenvalue weighted by Gasteiger charge is -2.14. The van der Waals surface area contributed by atoms with Crippen molar-refractivity contribution in [1.29, 1.82) is 0 Å². The molecule has 0 heterocycles. The van der Waals surface area contributed by atoms with E-state index in [0.717, 1.165) is 27.1 Å². The summed E-state index contributed by atoms with van der Waals surface area (Å²) in [4.78, 5) is 12.1. The maximum Gasteiger partial charge on any atom is 0.221 e. The molecule has 3 rings (SSSR count). The third kappa shape index (κ3) is 5.00. The van der Waals surface area contributed by atoms with Crippen LogP contribution in [0, 0.1) is 0 Å². The van der Waals surface area contributed by atoms with Gasteiger partial charge in [-0.25, -0.2) is 0 Å². The SMILES string of the molecule is CC(=O)Nc1ccc(SC[C@H](O)COc2cccc3ccccc23)cc1. The molecule has 0 radical (unpaired) electrons. The molecule has 134 valence electrons. The smallest absolute Gasteiger partial charge is 0.221 e. The third-order valence-electron chi connectivity index (χ3n) is 3.80. The summed E-state index contributed by atoms with van der Waals surface area (Å²) >= 11 is 1.55. The van der Waals surface area contributed by atoms with Gasteiger partial charge in [-0.05, 0) is 35.7 Å². The first-order valence-corrected chi connectivity index (χ1v) is 9.39. The van der Waals surface area contributed by atoms with Crippen LogP contribution in [0.2, 0.25) is 0 Å². The number of carbonyl (C=O) groups is 1. The zero-order valence-electron chi connectivity index (χ0n) is 14.5. The largest absolute Gasteiger partial charge is 0.490 e. The summed E-state index contributed by atoms with van der Waals surface area (Å²) in [5.41, 5.74) is 0.765. The number of ether oxygens (including phenoxy) is 1. The summed E-state index contributed by atoms with van der Waals surface area (Å²) < 4.78 is 5.82. The molecule has 2 N–H and O–H groups in total. The Bertz CT molecular complexity index is 875. The predicted octanol–water partition coefficient (Wildman–Crippen LogP) is 4.33. The highest BCUT2D eigenvalue weighted by Crippen LogP contribution is 2.26. The Morgan fingerprint density at radius 3 is 2.58 bits per heavy atom. The van der Waals surface area contributed by atoms with Gasteiger partial charge in [0.15, 0.2) is 0 Å². The quantitative estimate of drug-likeness (QED) is 0.610. The van der Waals surface area contributed by atoms with Crippen LogP contribution in [0.15, 0.2) is 71.6 Å². The van der Waals surface area contributed by atoms with Crippen molar-refractivity contribution in [3.05, 3.63) is 66.7 Å². The number of anilines is 1. The van der Waals surface area contributed by atoms with Crippen LogP contribution in [0.3, 0.4) is 0 Å². The van der Waals surface area contributed by atoms with Gasteiger partial charge in [0.2, 0.25) is 5.91 Å². The number of rotatable bonds is 7. The van der Waals surface area contributed by atoms with Crippen LogP contribution in [-0.2, 0) is 4.79 Å². The van der Waals surface area contributed by atoms with E-state index in [9.17, 15) is 9.90 Å². The molecule has 0 fully saturated rings. The lowest BCUT2D eigenvalue weighted by molar-refractivity contribution is -0.114. The zero-order valence-corrected chi connectivity index (χ0v) is 15.3. The molecule has 0 saturated heterocycles. The topological polar surface area (TPSA) is 58.6 Å². The minimum absolute atomic E-state index is 0.0913. The summed E-state index contributed by atoms with van der Waals surface area (Å²) in [5.74, 6) is 1.22. The maximum atomic E-state index is 11.0. The van der Waals surface area contributed by atoms with Gasteiger partial charge < -0.3 is 15.2 Å². The second-order valence-corrected chi connectivity index (χ2v) is 7.05. The lowest BCUT2D eigenvalue weighted by atomic mass is 10.1. The zero-order chi connectivity index (χ0) is 18.4. The van der Waals surface area contributed by atoms with Crippen LogP contribution >= 0.6 is 11.8 Å². The van der Waals surface area contributed by atoms with Crippen LogP contribution in [0.1, 0.15) is 6.92 Å². The number of carbonyl (C=O) groups excluding carboxylic acids is 1. The Morgan fingerprint density at radius 2 is 1.81 bits per heavy atom. The summed E-state index contributed by atoms with van der Waals surface area (Å²) in [6.45, 7) is 1.72. The predicted molar refractivity (Wildman–Crippen MR) is 107 cm³/mol. The highest BCUT2D eigenvalue weighted by atomic mass is 32.2. The molecule has 0 unspecified atom stereocenters. The van der Waals surface area contributed by atoms with Gasteiger partial charge in [-0.2, -0.15) is 0 Å². The van der Waals surface area contributed by atoms with Crippen LogP contribution in [0.25, 0.3) is 10.8 Å². The number of aliphatic hydroxyl groups excluding tert-OH is 1. The Balaban J connectivity index is 1.51. The third-order valence-corrected chi connectivity index (χ3v) is 4.95. The van der Waals surface area contributed by atoms with E-state index < -0.39 is 6.10 Å². The van der Waals surface area contributed by atoms with Crippen molar-refractivity contribution in [2.45, 2.75) is 17.9 Å². The molecule has 3 aromatic rings. The van der Waals surface area contributed by atoms with E-state index in [1.54, 1.807) is 11.8 Å². The monoisotopic (exact) mass is 367 g/mol. The summed E-state index contributed by atoms with van der Waals surface area (Å²) in [5, 5.41) is 15.1. The Kier molecular flexibility index (Phi) is 6.15. The van der Waals surface area contributed by atoms with Crippen LogP contribution < -0.4 is 10.1 Å². The number of amides is 1. The summed E-state index contributed by atoms with van der Waals surface area (Å²) in [6.07, 6.45) is -0.575. The number of aliphatic hydroxyl groups is 1.